The highest BCUT2D eigenvalue weighted by Crippen LogP contribution is 2.27. The van der Waals surface area contributed by atoms with Gasteiger partial charge in [0.1, 0.15) is 11.3 Å². The highest BCUT2D eigenvalue weighted by atomic mass is 16.5. The molecule has 0 atom stereocenters. The zero-order chi connectivity index (χ0) is 19.5. The van der Waals surface area contributed by atoms with Crippen LogP contribution in [0.5, 0.6) is 5.75 Å². The average molecular weight is 372 g/mol. The van der Waals surface area contributed by atoms with Crippen molar-refractivity contribution in [3.8, 4) is 17.2 Å². The minimum atomic E-state index is -0.235. The van der Waals surface area contributed by atoms with Crippen LogP contribution in [0.4, 0.5) is 5.69 Å². The van der Waals surface area contributed by atoms with E-state index >= 15 is 0 Å². The fourth-order valence-corrected chi connectivity index (χ4v) is 2.96. The van der Waals surface area contributed by atoms with Crippen molar-refractivity contribution in [2.24, 2.45) is 0 Å². The predicted octanol–water partition coefficient (Wildman–Crippen LogP) is 5.13. The first-order valence-electron chi connectivity index (χ1n) is 9.04. The van der Waals surface area contributed by atoms with Crippen molar-refractivity contribution in [1.29, 1.82) is 0 Å². The molecule has 1 amide bonds. The third-order valence-electron chi connectivity index (χ3n) is 4.39. The van der Waals surface area contributed by atoms with Crippen molar-refractivity contribution in [2.75, 3.05) is 11.9 Å². The molecule has 140 valence electrons. The molecule has 0 fully saturated rings. The predicted molar refractivity (Wildman–Crippen MR) is 109 cm³/mol. The summed E-state index contributed by atoms with van der Waals surface area (Å²) in [6.45, 7) is 3.91. The number of oxazole rings is 1. The number of amides is 1. The Morgan fingerprint density at radius 1 is 1.04 bits per heavy atom. The summed E-state index contributed by atoms with van der Waals surface area (Å²) in [5.41, 5.74) is 5.05. The van der Waals surface area contributed by atoms with E-state index in [2.05, 4.69) is 10.3 Å². The molecule has 3 aromatic carbocycles. The SMILES string of the molecule is Cc1cccc(-c2nc3ccc(NC(=O)COc4ccccc4C)cc3o2)c1. The van der Waals surface area contributed by atoms with Gasteiger partial charge < -0.3 is 14.5 Å². The molecule has 0 unspecified atom stereocenters. The number of ether oxygens (including phenoxy) is 1. The van der Waals surface area contributed by atoms with Gasteiger partial charge in [-0.05, 0) is 49.7 Å². The Hall–Kier alpha value is -3.60. The van der Waals surface area contributed by atoms with Gasteiger partial charge in [0.2, 0.25) is 5.89 Å². The van der Waals surface area contributed by atoms with Gasteiger partial charge in [-0.3, -0.25) is 4.79 Å². The summed E-state index contributed by atoms with van der Waals surface area (Å²) in [6, 6.07) is 21.0. The van der Waals surface area contributed by atoms with Gasteiger partial charge in [0.05, 0.1) is 0 Å². The lowest BCUT2D eigenvalue weighted by Gasteiger charge is -2.09. The third kappa shape index (κ3) is 3.88. The maximum absolute atomic E-state index is 12.2. The second-order valence-corrected chi connectivity index (χ2v) is 6.67. The molecule has 0 saturated heterocycles. The van der Waals surface area contributed by atoms with Crippen LogP contribution in [0.1, 0.15) is 11.1 Å². The molecule has 0 aliphatic rings. The Morgan fingerprint density at radius 3 is 2.71 bits per heavy atom. The number of rotatable bonds is 5. The standard InChI is InChI=1S/C23H20N2O3/c1-15-6-5-8-17(12-15)23-25-19-11-10-18(13-21(19)28-23)24-22(26)14-27-20-9-4-3-7-16(20)2/h3-13H,14H2,1-2H3,(H,24,26). The molecule has 0 spiro atoms. The quantitative estimate of drug-likeness (QED) is 0.527. The van der Waals surface area contributed by atoms with Crippen LogP contribution in [-0.2, 0) is 4.79 Å². The number of hydrogen-bond acceptors (Lipinski definition) is 4. The fraction of sp³-hybridized carbons (Fsp3) is 0.130. The summed E-state index contributed by atoms with van der Waals surface area (Å²) in [4.78, 5) is 16.7. The zero-order valence-electron chi connectivity index (χ0n) is 15.7. The van der Waals surface area contributed by atoms with Crippen LogP contribution in [0.25, 0.3) is 22.6 Å². The number of para-hydroxylation sites is 1. The van der Waals surface area contributed by atoms with E-state index in [1.807, 2.05) is 68.4 Å². The normalized spacial score (nSPS) is 10.8. The second kappa shape index (κ2) is 7.56. The van der Waals surface area contributed by atoms with Gasteiger partial charge in [0.25, 0.3) is 5.91 Å². The first kappa shape index (κ1) is 17.8. The second-order valence-electron chi connectivity index (χ2n) is 6.67. The molecule has 0 radical (unpaired) electrons. The topological polar surface area (TPSA) is 64.4 Å². The lowest BCUT2D eigenvalue weighted by atomic mass is 10.1. The molecular formula is C23H20N2O3. The van der Waals surface area contributed by atoms with Gasteiger partial charge in [0.15, 0.2) is 12.2 Å². The summed E-state index contributed by atoms with van der Waals surface area (Å²) in [5.74, 6) is 1.03. The van der Waals surface area contributed by atoms with Gasteiger partial charge in [-0.1, -0.05) is 35.9 Å². The Morgan fingerprint density at radius 2 is 1.89 bits per heavy atom. The Balaban J connectivity index is 1.47. The van der Waals surface area contributed by atoms with Crippen LogP contribution < -0.4 is 10.1 Å². The number of hydrogen-bond donors (Lipinski definition) is 1. The van der Waals surface area contributed by atoms with Gasteiger partial charge in [-0.15, -0.1) is 0 Å². The number of nitrogens with one attached hydrogen (secondary N) is 1. The van der Waals surface area contributed by atoms with Gasteiger partial charge in [0, 0.05) is 17.3 Å². The maximum Gasteiger partial charge on any atom is 0.262 e. The van der Waals surface area contributed by atoms with E-state index in [4.69, 9.17) is 9.15 Å². The highest BCUT2D eigenvalue weighted by molar-refractivity contribution is 5.94. The smallest absolute Gasteiger partial charge is 0.262 e. The molecule has 4 aromatic rings. The first-order valence-corrected chi connectivity index (χ1v) is 9.04. The lowest BCUT2D eigenvalue weighted by molar-refractivity contribution is -0.118. The number of nitrogens with zero attached hydrogens (tertiary/aromatic N) is 1. The molecule has 0 bridgehead atoms. The molecule has 5 nitrogen and oxygen atoms in total. The van der Waals surface area contributed by atoms with E-state index < -0.39 is 0 Å². The van der Waals surface area contributed by atoms with Crippen molar-refractivity contribution < 1.29 is 13.9 Å². The molecule has 1 heterocycles. The lowest BCUT2D eigenvalue weighted by Crippen LogP contribution is -2.20. The Labute approximate surface area is 163 Å². The molecule has 4 rings (SSSR count). The van der Waals surface area contributed by atoms with Crippen molar-refractivity contribution in [1.82, 2.24) is 4.98 Å². The van der Waals surface area contributed by atoms with Crippen LogP contribution >= 0.6 is 0 Å². The van der Waals surface area contributed by atoms with E-state index in [1.54, 1.807) is 12.1 Å². The largest absolute Gasteiger partial charge is 0.483 e. The van der Waals surface area contributed by atoms with E-state index in [0.29, 0.717) is 22.9 Å². The van der Waals surface area contributed by atoms with Crippen LogP contribution in [0.2, 0.25) is 0 Å². The van der Waals surface area contributed by atoms with Crippen LogP contribution in [-0.4, -0.2) is 17.5 Å². The van der Waals surface area contributed by atoms with Gasteiger partial charge in [-0.2, -0.15) is 0 Å². The van der Waals surface area contributed by atoms with Gasteiger partial charge in [-0.25, -0.2) is 4.98 Å². The monoisotopic (exact) mass is 372 g/mol. The van der Waals surface area contributed by atoms with Crippen LogP contribution in [0.15, 0.2) is 71.1 Å². The van der Waals surface area contributed by atoms with Crippen LogP contribution in [0, 0.1) is 13.8 Å². The van der Waals surface area contributed by atoms with E-state index in [-0.39, 0.29) is 12.5 Å². The fourth-order valence-electron chi connectivity index (χ4n) is 2.96. The average Bonchev–Trinajstić information content (AvgIpc) is 3.11. The number of aryl methyl sites for hydroxylation is 2. The Kier molecular flexibility index (Phi) is 4.81. The third-order valence-corrected chi connectivity index (χ3v) is 4.39. The number of carbonyl (C=O) groups excluding carboxylic acids is 1. The summed E-state index contributed by atoms with van der Waals surface area (Å²) in [6.07, 6.45) is 0. The first-order chi connectivity index (χ1) is 13.6. The van der Waals surface area contributed by atoms with E-state index in [0.717, 1.165) is 22.2 Å². The number of anilines is 1. The molecule has 5 heteroatoms. The molecule has 28 heavy (non-hydrogen) atoms. The molecule has 1 N–H and O–H groups in total. The van der Waals surface area contributed by atoms with E-state index in [1.165, 1.54) is 0 Å². The summed E-state index contributed by atoms with van der Waals surface area (Å²) < 4.78 is 11.5. The Bertz CT molecular complexity index is 1150. The molecular weight excluding hydrogens is 352 g/mol. The van der Waals surface area contributed by atoms with E-state index in [9.17, 15) is 4.79 Å². The minimum absolute atomic E-state index is 0.0617. The molecule has 1 aromatic heterocycles. The summed E-state index contributed by atoms with van der Waals surface area (Å²) in [5, 5.41) is 2.83. The zero-order valence-corrected chi connectivity index (χ0v) is 15.7. The summed E-state index contributed by atoms with van der Waals surface area (Å²) in [7, 11) is 0. The van der Waals surface area contributed by atoms with Crippen molar-refractivity contribution in [3.63, 3.8) is 0 Å². The number of fused-ring (bicyclic) bond motifs is 1. The highest BCUT2D eigenvalue weighted by Gasteiger charge is 2.11. The van der Waals surface area contributed by atoms with Crippen LogP contribution in [0.3, 0.4) is 0 Å². The molecule has 0 aliphatic heterocycles. The number of aromatic nitrogens is 1. The number of benzene rings is 3. The summed E-state index contributed by atoms with van der Waals surface area (Å²) >= 11 is 0. The minimum Gasteiger partial charge on any atom is -0.483 e. The van der Waals surface area contributed by atoms with Crippen molar-refractivity contribution in [3.05, 3.63) is 77.9 Å². The van der Waals surface area contributed by atoms with Crippen molar-refractivity contribution >= 4 is 22.7 Å². The molecule has 0 aliphatic carbocycles. The molecule has 0 saturated carbocycles. The maximum atomic E-state index is 12.2. The van der Waals surface area contributed by atoms with Crippen molar-refractivity contribution in [2.45, 2.75) is 13.8 Å². The van der Waals surface area contributed by atoms with Gasteiger partial charge >= 0.3 is 0 Å². The number of carbonyl (C=O) groups is 1.